The maximum absolute atomic E-state index is 14.8. The summed E-state index contributed by atoms with van der Waals surface area (Å²) in [6, 6.07) is 33.9. The number of hydrogen-bond donors (Lipinski definition) is 2. The van der Waals surface area contributed by atoms with E-state index in [4.69, 9.17) is 28.9 Å². The molecular formula is C62H82N2O8. The first-order chi connectivity index (χ1) is 35.4. The number of unbranched alkanes of at least 4 members (excludes halogenated alkanes) is 11. The molecule has 0 bridgehead atoms. The third-order valence-electron chi connectivity index (χ3n) is 14.9. The third-order valence-corrected chi connectivity index (χ3v) is 14.9. The van der Waals surface area contributed by atoms with E-state index in [2.05, 4.69) is 56.8 Å². The molecule has 2 N–H and O–H groups in total. The molecule has 4 aromatic rings. The van der Waals surface area contributed by atoms with Gasteiger partial charge in [0.05, 0.1) is 24.8 Å². The maximum Gasteiger partial charge on any atom is 0.410 e. The molecule has 0 spiro atoms. The third kappa shape index (κ3) is 14.2. The van der Waals surface area contributed by atoms with E-state index < -0.39 is 17.7 Å². The summed E-state index contributed by atoms with van der Waals surface area (Å²) in [5, 5.41) is 25.1. The Hall–Kier alpha value is -5.42. The molecule has 0 radical (unpaired) electrons. The van der Waals surface area contributed by atoms with E-state index in [9.17, 15) is 15.0 Å². The number of carbonyl (C=O) groups is 1. The van der Waals surface area contributed by atoms with Crippen LogP contribution in [-0.4, -0.2) is 71.7 Å². The average molecular weight is 983 g/mol. The van der Waals surface area contributed by atoms with Gasteiger partial charge in [-0.3, -0.25) is 4.90 Å². The van der Waals surface area contributed by atoms with Crippen molar-refractivity contribution in [3.8, 4) is 28.4 Å². The average Bonchev–Trinajstić information content (AvgIpc) is 3.41. The van der Waals surface area contributed by atoms with Crippen molar-refractivity contribution in [3.05, 3.63) is 139 Å². The number of carbonyl (C=O) groups excluding carboxylic acids is 1. The molecule has 3 aliphatic rings. The molecule has 1 heterocycles. The molecule has 10 heteroatoms. The lowest BCUT2D eigenvalue weighted by molar-refractivity contribution is -0.255. The fourth-order valence-corrected chi connectivity index (χ4v) is 11.4. The number of aliphatic hydroxyl groups is 2. The van der Waals surface area contributed by atoms with Crippen molar-refractivity contribution < 1.29 is 38.8 Å². The van der Waals surface area contributed by atoms with E-state index in [1.165, 1.54) is 44.9 Å². The van der Waals surface area contributed by atoms with Gasteiger partial charge in [0.2, 0.25) is 5.79 Å². The minimum absolute atomic E-state index is 0.0758. The van der Waals surface area contributed by atoms with Crippen molar-refractivity contribution in [2.24, 2.45) is 22.9 Å². The van der Waals surface area contributed by atoms with Crippen LogP contribution in [0.1, 0.15) is 146 Å². The SMILES string of the molecule is C=CCO[C@@]12Oc3ccc(Oc4ccc(-c5ccccc5)cc4)cc3[C@H]3[C@H](CCCCO)[C@@H](CCCCO)C=C(C(=NOCc4ccccc4)C[C@@H]1N(CCC)C(=O)OCCCCCCCCCCCC)[C@H]32. The summed E-state index contributed by atoms with van der Waals surface area (Å²) in [4.78, 5) is 22.9. The van der Waals surface area contributed by atoms with Gasteiger partial charge in [0, 0.05) is 37.7 Å². The number of nitrogens with zero attached hydrogens (tertiary/aromatic N) is 2. The lowest BCUT2D eigenvalue weighted by Crippen LogP contribution is -2.70. The molecule has 1 aliphatic heterocycles. The molecule has 0 unspecified atom stereocenters. The van der Waals surface area contributed by atoms with Gasteiger partial charge in [-0.1, -0.05) is 175 Å². The van der Waals surface area contributed by atoms with Crippen molar-refractivity contribution >= 4 is 11.8 Å². The summed E-state index contributed by atoms with van der Waals surface area (Å²) in [6.45, 7) is 9.89. The van der Waals surface area contributed by atoms with Crippen LogP contribution in [0.5, 0.6) is 17.2 Å². The maximum atomic E-state index is 14.8. The molecule has 1 amide bonds. The Kier molecular flexibility index (Phi) is 21.7. The van der Waals surface area contributed by atoms with Gasteiger partial charge in [0.25, 0.3) is 0 Å². The quantitative estimate of drug-likeness (QED) is 0.0291. The standard InChI is InChI=1S/C62H82N2O8/c1-4-7-8-9-10-11-12-13-14-25-42-68-61(67)64(38-5-2)58-45-56(63-70-46-47-26-17-15-18-27-47)54-43-50(30-21-23-39-65)53(31-22-24-40-66)59-55-44-52(36-37-57(55)72-62(58,60(54)59)69-41-6-3)71-51-34-32-49(33-35-51)48-28-19-16-20-29-48/h6,15-20,26-29,32-37,43-44,50,53,58-60,65-66H,3-5,7-14,21-25,30-31,38-42,45-46H2,1-2H3/t50-,53+,58-,59+,60+,62+/m0/s1. The zero-order valence-corrected chi connectivity index (χ0v) is 43.3. The van der Waals surface area contributed by atoms with Crippen LogP contribution < -0.4 is 9.47 Å². The monoisotopic (exact) mass is 983 g/mol. The Morgan fingerprint density at radius 3 is 2.10 bits per heavy atom. The molecule has 2 aliphatic carbocycles. The Morgan fingerprint density at radius 1 is 0.764 bits per heavy atom. The highest BCUT2D eigenvalue weighted by atomic mass is 16.7. The van der Waals surface area contributed by atoms with Crippen molar-refractivity contribution in [1.82, 2.24) is 4.90 Å². The fraction of sp³-hybridized carbons (Fsp3) is 0.516. The molecule has 10 nitrogen and oxygen atoms in total. The van der Waals surface area contributed by atoms with E-state index in [1.54, 1.807) is 6.08 Å². The first kappa shape index (κ1) is 54.4. The van der Waals surface area contributed by atoms with Gasteiger partial charge in [0.15, 0.2) is 0 Å². The number of aliphatic hydroxyl groups excluding tert-OH is 2. The van der Waals surface area contributed by atoms with E-state index in [-0.39, 0.29) is 50.3 Å². The number of oxime groups is 1. The highest BCUT2D eigenvalue weighted by molar-refractivity contribution is 6.03. The second-order valence-corrected chi connectivity index (χ2v) is 20.0. The van der Waals surface area contributed by atoms with Crippen molar-refractivity contribution in [2.75, 3.05) is 33.0 Å². The van der Waals surface area contributed by atoms with E-state index in [0.717, 1.165) is 84.2 Å². The van der Waals surface area contributed by atoms with Crippen LogP contribution in [-0.2, 0) is 20.9 Å². The fourth-order valence-electron chi connectivity index (χ4n) is 11.4. The summed E-state index contributed by atoms with van der Waals surface area (Å²) in [7, 11) is 0. The number of fused-ring (bicyclic) bond motifs is 2. The molecule has 0 saturated heterocycles. The number of allylic oxidation sites excluding steroid dienone is 1. The first-order valence-electron chi connectivity index (χ1n) is 27.5. The van der Waals surface area contributed by atoms with Crippen LogP contribution in [0.25, 0.3) is 11.1 Å². The second kappa shape index (κ2) is 28.7. The van der Waals surface area contributed by atoms with Crippen LogP contribution in [0.2, 0.25) is 0 Å². The summed E-state index contributed by atoms with van der Waals surface area (Å²) < 4.78 is 27.6. The Labute approximate surface area is 430 Å². The van der Waals surface area contributed by atoms with Crippen LogP contribution >= 0.6 is 0 Å². The number of hydrogen-bond acceptors (Lipinski definition) is 9. The summed E-state index contributed by atoms with van der Waals surface area (Å²) in [5.41, 5.74) is 5.99. The molecule has 1 fully saturated rings. The smallest absolute Gasteiger partial charge is 0.410 e. The van der Waals surface area contributed by atoms with Crippen LogP contribution in [0.15, 0.2) is 133 Å². The molecule has 7 rings (SSSR count). The first-order valence-corrected chi connectivity index (χ1v) is 27.5. The van der Waals surface area contributed by atoms with Crippen LogP contribution in [0.3, 0.4) is 0 Å². The van der Waals surface area contributed by atoms with Gasteiger partial charge in [0.1, 0.15) is 29.9 Å². The van der Waals surface area contributed by atoms with Gasteiger partial charge in [-0.05, 0) is 103 Å². The zero-order chi connectivity index (χ0) is 50.4. The molecular weight excluding hydrogens is 901 g/mol. The van der Waals surface area contributed by atoms with Crippen LogP contribution in [0.4, 0.5) is 4.79 Å². The predicted molar refractivity (Wildman–Crippen MR) is 288 cm³/mol. The molecule has 72 heavy (non-hydrogen) atoms. The molecule has 1 saturated carbocycles. The molecule has 6 atom stereocenters. The van der Waals surface area contributed by atoms with E-state index in [0.29, 0.717) is 50.3 Å². The van der Waals surface area contributed by atoms with Gasteiger partial charge in [-0.25, -0.2) is 4.79 Å². The second-order valence-electron chi connectivity index (χ2n) is 20.0. The van der Waals surface area contributed by atoms with Gasteiger partial charge in [-0.15, -0.1) is 6.58 Å². The topological polar surface area (TPSA) is 119 Å². The number of amides is 1. The lowest BCUT2D eigenvalue weighted by Gasteiger charge is -2.59. The largest absolute Gasteiger partial charge is 0.459 e. The summed E-state index contributed by atoms with van der Waals surface area (Å²) >= 11 is 0. The Morgan fingerprint density at radius 2 is 1.42 bits per heavy atom. The minimum atomic E-state index is -1.37. The Bertz CT molecular complexity index is 2300. The molecule has 0 aromatic heterocycles. The normalized spacial score (nSPS) is 21.5. The van der Waals surface area contributed by atoms with E-state index >= 15 is 0 Å². The molecule has 4 aromatic carbocycles. The van der Waals surface area contributed by atoms with Crippen molar-refractivity contribution in [3.63, 3.8) is 0 Å². The van der Waals surface area contributed by atoms with E-state index in [1.807, 2.05) is 77.7 Å². The van der Waals surface area contributed by atoms with Gasteiger partial charge >= 0.3 is 6.09 Å². The number of rotatable bonds is 31. The minimum Gasteiger partial charge on any atom is -0.459 e. The highest BCUT2D eigenvalue weighted by Crippen LogP contribution is 2.62. The van der Waals surface area contributed by atoms with Crippen molar-refractivity contribution in [1.29, 1.82) is 0 Å². The predicted octanol–water partition coefficient (Wildman–Crippen LogP) is 14.7. The van der Waals surface area contributed by atoms with Crippen LogP contribution in [0, 0.1) is 17.8 Å². The zero-order valence-electron chi connectivity index (χ0n) is 43.3. The van der Waals surface area contributed by atoms with Gasteiger partial charge in [-0.2, -0.15) is 0 Å². The highest BCUT2D eigenvalue weighted by Gasteiger charge is 2.65. The number of ether oxygens (including phenoxy) is 4. The summed E-state index contributed by atoms with van der Waals surface area (Å²) in [5.74, 6) is 0.249. The summed E-state index contributed by atoms with van der Waals surface area (Å²) in [6.07, 6.45) is 21.4. The number of benzene rings is 4. The van der Waals surface area contributed by atoms with Gasteiger partial charge < -0.3 is 34.0 Å². The van der Waals surface area contributed by atoms with Crippen molar-refractivity contribution in [2.45, 2.75) is 154 Å². The lowest BCUT2D eigenvalue weighted by atomic mass is 9.55. The Balaban J connectivity index is 1.28. The molecule has 388 valence electrons.